The molecule has 0 radical (unpaired) electrons. The highest BCUT2D eigenvalue weighted by Gasteiger charge is 2.21. The fourth-order valence-corrected chi connectivity index (χ4v) is 2.55. The van der Waals surface area contributed by atoms with Crippen LogP contribution in [0.3, 0.4) is 0 Å². The first-order valence-corrected chi connectivity index (χ1v) is 8.96. The summed E-state index contributed by atoms with van der Waals surface area (Å²) in [5, 5.41) is 3.33. The molecule has 26 heavy (non-hydrogen) atoms. The number of benzene rings is 1. The molecular formula is C19H32IN3O3. The summed E-state index contributed by atoms with van der Waals surface area (Å²) < 4.78 is 16.6. The maximum Gasteiger partial charge on any atom is 0.194 e. The van der Waals surface area contributed by atoms with Crippen molar-refractivity contribution in [1.82, 2.24) is 10.2 Å². The van der Waals surface area contributed by atoms with Crippen molar-refractivity contribution in [3.63, 3.8) is 0 Å². The van der Waals surface area contributed by atoms with Crippen molar-refractivity contribution >= 4 is 29.9 Å². The van der Waals surface area contributed by atoms with E-state index >= 15 is 0 Å². The van der Waals surface area contributed by atoms with Crippen molar-refractivity contribution in [3.05, 3.63) is 23.8 Å². The Morgan fingerprint density at radius 1 is 1.27 bits per heavy atom. The Morgan fingerprint density at radius 2 is 2.04 bits per heavy atom. The normalized spacial score (nSPS) is 13.8. The van der Waals surface area contributed by atoms with Crippen LogP contribution in [-0.2, 0) is 11.3 Å². The third-order valence-corrected chi connectivity index (χ3v) is 4.20. The molecule has 6 nitrogen and oxygen atoms in total. The van der Waals surface area contributed by atoms with E-state index in [-0.39, 0.29) is 24.0 Å². The van der Waals surface area contributed by atoms with Crippen LogP contribution >= 0.6 is 24.0 Å². The maximum atomic E-state index is 5.73. The molecule has 0 amide bonds. The molecule has 0 saturated heterocycles. The van der Waals surface area contributed by atoms with Crippen molar-refractivity contribution in [3.8, 4) is 11.5 Å². The number of hydrogen-bond donors (Lipinski definition) is 1. The number of hydrogen-bond acceptors (Lipinski definition) is 4. The van der Waals surface area contributed by atoms with Gasteiger partial charge in [-0.2, -0.15) is 0 Å². The van der Waals surface area contributed by atoms with Crippen molar-refractivity contribution < 1.29 is 14.2 Å². The van der Waals surface area contributed by atoms with Crippen molar-refractivity contribution in [1.29, 1.82) is 0 Å². The first-order chi connectivity index (χ1) is 12.2. The minimum absolute atomic E-state index is 0. The lowest BCUT2D eigenvalue weighted by Gasteiger charge is -2.22. The number of nitrogens with zero attached hydrogens (tertiary/aromatic N) is 2. The van der Waals surface area contributed by atoms with Gasteiger partial charge >= 0.3 is 0 Å². The standard InChI is InChI=1S/C19H31N3O3.HI/c1-5-20-19(22(2)11-12-25-14-15-9-10-15)21-13-16-7-6-8-17(23-3)18(16)24-4;/h6-8,15H,5,9-14H2,1-4H3,(H,20,21);1H. The molecule has 0 atom stereocenters. The maximum absolute atomic E-state index is 5.73. The molecule has 1 aromatic rings. The summed E-state index contributed by atoms with van der Waals surface area (Å²) >= 11 is 0. The van der Waals surface area contributed by atoms with Gasteiger partial charge in [-0.25, -0.2) is 4.99 Å². The largest absolute Gasteiger partial charge is 0.493 e. The van der Waals surface area contributed by atoms with Gasteiger partial charge in [0.15, 0.2) is 17.5 Å². The van der Waals surface area contributed by atoms with Crippen LogP contribution in [0, 0.1) is 5.92 Å². The molecule has 0 heterocycles. The van der Waals surface area contributed by atoms with Crippen molar-refractivity contribution in [2.45, 2.75) is 26.3 Å². The van der Waals surface area contributed by atoms with Gasteiger partial charge in [0.2, 0.25) is 0 Å². The first-order valence-electron chi connectivity index (χ1n) is 8.96. The minimum Gasteiger partial charge on any atom is -0.493 e. The van der Waals surface area contributed by atoms with Gasteiger partial charge in [0.05, 0.1) is 27.4 Å². The monoisotopic (exact) mass is 477 g/mol. The predicted octanol–water partition coefficient (Wildman–Crippen LogP) is 3.15. The molecule has 1 aliphatic rings. The second-order valence-electron chi connectivity index (χ2n) is 6.26. The lowest BCUT2D eigenvalue weighted by molar-refractivity contribution is 0.115. The van der Waals surface area contributed by atoms with Crippen LogP contribution in [0.25, 0.3) is 0 Å². The number of guanidine groups is 1. The second-order valence-corrected chi connectivity index (χ2v) is 6.26. The van der Waals surface area contributed by atoms with Crippen molar-refractivity contribution in [2.75, 3.05) is 47.6 Å². The Bertz CT molecular complexity index is 565. The van der Waals surface area contributed by atoms with Gasteiger partial charge in [-0.05, 0) is 31.7 Å². The van der Waals surface area contributed by atoms with Gasteiger partial charge in [-0.15, -0.1) is 24.0 Å². The summed E-state index contributed by atoms with van der Waals surface area (Å²) in [5.41, 5.74) is 0.996. The van der Waals surface area contributed by atoms with E-state index in [1.54, 1.807) is 14.2 Å². The van der Waals surface area contributed by atoms with Crippen LogP contribution in [-0.4, -0.2) is 58.4 Å². The molecule has 0 unspecified atom stereocenters. The van der Waals surface area contributed by atoms with Crippen LogP contribution in [0.4, 0.5) is 0 Å². The number of likely N-dealkylation sites (N-methyl/N-ethyl adjacent to an activating group) is 1. The minimum atomic E-state index is 0. The van der Waals surface area contributed by atoms with E-state index in [0.717, 1.165) is 55.2 Å². The third kappa shape index (κ3) is 7.19. The number of aliphatic imine (C=N–C) groups is 1. The summed E-state index contributed by atoms with van der Waals surface area (Å²) in [4.78, 5) is 6.83. The first kappa shape index (κ1) is 22.8. The molecule has 2 rings (SSSR count). The van der Waals surface area contributed by atoms with Crippen LogP contribution in [0.15, 0.2) is 23.2 Å². The van der Waals surface area contributed by atoms with E-state index in [2.05, 4.69) is 17.1 Å². The number of para-hydroxylation sites is 1. The van der Waals surface area contributed by atoms with Crippen LogP contribution in [0.1, 0.15) is 25.3 Å². The number of methoxy groups -OCH3 is 2. The Labute approximate surface area is 174 Å². The van der Waals surface area contributed by atoms with Gasteiger partial charge in [0.1, 0.15) is 0 Å². The lowest BCUT2D eigenvalue weighted by atomic mass is 10.2. The van der Waals surface area contributed by atoms with Gasteiger partial charge in [0, 0.05) is 32.3 Å². The highest BCUT2D eigenvalue weighted by Crippen LogP contribution is 2.31. The van der Waals surface area contributed by atoms with E-state index in [1.165, 1.54) is 12.8 Å². The van der Waals surface area contributed by atoms with Crippen molar-refractivity contribution in [2.24, 2.45) is 10.9 Å². The Hall–Kier alpha value is -1.22. The summed E-state index contributed by atoms with van der Waals surface area (Å²) in [6.07, 6.45) is 2.64. The Kier molecular flexibility index (Phi) is 10.7. The molecule has 1 saturated carbocycles. The Morgan fingerprint density at radius 3 is 2.65 bits per heavy atom. The van der Waals surface area contributed by atoms with Crippen LogP contribution in [0.2, 0.25) is 0 Å². The number of rotatable bonds is 10. The SMILES string of the molecule is CCNC(=NCc1cccc(OC)c1OC)N(C)CCOCC1CC1.I. The van der Waals surface area contributed by atoms with E-state index in [1.807, 2.05) is 25.2 Å². The summed E-state index contributed by atoms with van der Waals surface area (Å²) in [6, 6.07) is 5.85. The van der Waals surface area contributed by atoms with E-state index in [0.29, 0.717) is 6.54 Å². The average molecular weight is 477 g/mol. The molecule has 1 N–H and O–H groups in total. The molecule has 0 spiro atoms. The number of nitrogens with one attached hydrogen (secondary N) is 1. The lowest BCUT2D eigenvalue weighted by Crippen LogP contribution is -2.40. The fraction of sp³-hybridized carbons (Fsp3) is 0.632. The zero-order valence-electron chi connectivity index (χ0n) is 16.3. The second kappa shape index (κ2) is 12.2. The molecule has 1 aromatic carbocycles. The van der Waals surface area contributed by atoms with Gasteiger partial charge in [0.25, 0.3) is 0 Å². The van der Waals surface area contributed by atoms with E-state index < -0.39 is 0 Å². The summed E-state index contributed by atoms with van der Waals surface area (Å²) in [7, 11) is 5.33. The zero-order valence-corrected chi connectivity index (χ0v) is 18.6. The summed E-state index contributed by atoms with van der Waals surface area (Å²) in [6.45, 7) is 5.84. The van der Waals surface area contributed by atoms with Gasteiger partial charge in [-0.3, -0.25) is 0 Å². The van der Waals surface area contributed by atoms with Gasteiger partial charge < -0.3 is 24.4 Å². The molecule has 7 heteroatoms. The smallest absolute Gasteiger partial charge is 0.194 e. The van der Waals surface area contributed by atoms with Crippen LogP contribution in [0.5, 0.6) is 11.5 Å². The molecule has 148 valence electrons. The van der Waals surface area contributed by atoms with E-state index in [9.17, 15) is 0 Å². The Balaban J connectivity index is 0.00000338. The van der Waals surface area contributed by atoms with E-state index in [4.69, 9.17) is 19.2 Å². The zero-order chi connectivity index (χ0) is 18.1. The fourth-order valence-electron chi connectivity index (χ4n) is 2.55. The molecular weight excluding hydrogens is 445 g/mol. The number of halogens is 1. The topological polar surface area (TPSA) is 55.3 Å². The molecule has 0 aromatic heterocycles. The third-order valence-electron chi connectivity index (χ3n) is 4.20. The predicted molar refractivity (Wildman–Crippen MR) is 116 cm³/mol. The van der Waals surface area contributed by atoms with Crippen LogP contribution < -0.4 is 14.8 Å². The molecule has 0 bridgehead atoms. The molecule has 0 aliphatic heterocycles. The average Bonchev–Trinajstić information content (AvgIpc) is 3.45. The quantitative estimate of drug-likeness (QED) is 0.243. The number of ether oxygens (including phenoxy) is 3. The molecule has 1 fully saturated rings. The highest BCUT2D eigenvalue weighted by atomic mass is 127. The van der Waals surface area contributed by atoms with Gasteiger partial charge in [-0.1, -0.05) is 12.1 Å². The summed E-state index contributed by atoms with van der Waals surface area (Å²) in [5.74, 6) is 3.12. The molecule has 1 aliphatic carbocycles. The highest BCUT2D eigenvalue weighted by molar-refractivity contribution is 14.0.